The number of rotatable bonds is 4. The van der Waals surface area contributed by atoms with Gasteiger partial charge in [-0.05, 0) is 11.4 Å². The average Bonchev–Trinajstić information content (AvgIpc) is 2.56. The van der Waals surface area contributed by atoms with Crippen LogP contribution in [0.2, 0.25) is 25.1 Å². The topological polar surface area (TPSA) is 35.5 Å². The van der Waals surface area contributed by atoms with Crippen LogP contribution in [0.1, 0.15) is 0 Å². The molecule has 130 valence electrons. The molecule has 0 unspecified atom stereocenters. The van der Waals surface area contributed by atoms with Crippen molar-refractivity contribution >= 4 is 108 Å². The summed E-state index contributed by atoms with van der Waals surface area (Å²) in [7, 11) is 0. The highest BCUT2D eigenvalue weighted by molar-refractivity contribution is 9.09. The van der Waals surface area contributed by atoms with E-state index >= 15 is 0 Å². The Morgan fingerprint density at radius 2 is 1.30 bits per heavy atom. The van der Waals surface area contributed by atoms with Gasteiger partial charge in [-0.2, -0.15) is 0 Å². The molecule has 0 atom stereocenters. The number of hydrogen-bond acceptors (Lipinski definition) is 4. The Balaban J connectivity index is 2.29. The zero-order chi connectivity index (χ0) is 17.4. The first kappa shape index (κ1) is 21.4. The van der Waals surface area contributed by atoms with Gasteiger partial charge in [-0.3, -0.25) is 9.05 Å². The van der Waals surface area contributed by atoms with Gasteiger partial charge in [-0.25, -0.2) is 4.57 Å². The second-order valence-electron chi connectivity index (χ2n) is 4.75. The van der Waals surface area contributed by atoms with Crippen LogP contribution in [-0.2, 0) is 13.6 Å². The van der Waals surface area contributed by atoms with Crippen LogP contribution in [0, 0.1) is 5.41 Å². The van der Waals surface area contributed by atoms with Crippen molar-refractivity contribution in [2.75, 3.05) is 23.9 Å². The van der Waals surface area contributed by atoms with E-state index in [0.29, 0.717) is 10.7 Å². The molecular weight excluding hydrogens is 580 g/mol. The van der Waals surface area contributed by atoms with Gasteiger partial charge >= 0.3 is 6.80 Å². The summed E-state index contributed by atoms with van der Waals surface area (Å²) in [5, 5.41) is 1.47. The van der Waals surface area contributed by atoms with Crippen LogP contribution in [0.5, 0.6) is 0 Å². The van der Waals surface area contributed by atoms with E-state index in [1.165, 1.54) is 0 Å². The van der Waals surface area contributed by atoms with Crippen molar-refractivity contribution in [3.63, 3.8) is 0 Å². The first-order valence-electron chi connectivity index (χ1n) is 5.91. The molecule has 1 fully saturated rings. The van der Waals surface area contributed by atoms with E-state index in [2.05, 4.69) is 31.9 Å². The summed E-state index contributed by atoms with van der Waals surface area (Å²) in [6.45, 7) is -3.01. The minimum absolute atomic E-state index is 0.0316. The number of benzene rings is 1. The predicted octanol–water partition coefficient (Wildman–Crippen LogP) is 7.98. The largest absolute Gasteiger partial charge is 0.393 e. The third-order valence-electron chi connectivity index (χ3n) is 3.00. The Labute approximate surface area is 179 Å². The Bertz CT molecular complexity index is 631. The summed E-state index contributed by atoms with van der Waals surface area (Å²) in [5.41, 5.74) is -0.294. The van der Waals surface area contributed by atoms with E-state index in [-0.39, 0.29) is 48.6 Å². The fourth-order valence-electron chi connectivity index (χ4n) is 1.53. The van der Waals surface area contributed by atoms with Gasteiger partial charge < -0.3 is 0 Å². The van der Waals surface area contributed by atoms with Crippen molar-refractivity contribution in [3.05, 3.63) is 25.1 Å². The van der Waals surface area contributed by atoms with Gasteiger partial charge in [0.05, 0.1) is 43.2 Å². The molecule has 0 radical (unpaired) electrons. The molecule has 1 heterocycles. The SMILES string of the molecule is O=P1(Sc2c(Cl)c(Cl)c(Cl)c(Cl)c2Cl)OCC(CBr)(CBr)CO1. The van der Waals surface area contributed by atoms with E-state index in [0.717, 1.165) is 11.4 Å². The third kappa shape index (κ3) is 4.52. The van der Waals surface area contributed by atoms with Crippen molar-refractivity contribution in [3.8, 4) is 0 Å². The molecule has 1 saturated heterocycles. The van der Waals surface area contributed by atoms with Crippen LogP contribution in [0.25, 0.3) is 0 Å². The van der Waals surface area contributed by atoms with E-state index in [1.807, 2.05) is 0 Å². The zero-order valence-electron chi connectivity index (χ0n) is 11.1. The lowest BCUT2D eigenvalue weighted by Crippen LogP contribution is -2.38. The lowest BCUT2D eigenvalue weighted by Gasteiger charge is -2.36. The fraction of sp³-hybridized carbons (Fsp3) is 0.455. The van der Waals surface area contributed by atoms with Crippen LogP contribution in [0.3, 0.4) is 0 Å². The first-order valence-corrected chi connectivity index (χ1v) is 13.0. The highest BCUT2D eigenvalue weighted by atomic mass is 79.9. The molecule has 23 heavy (non-hydrogen) atoms. The maximum absolute atomic E-state index is 12.8. The second-order valence-corrected chi connectivity index (χ2v) is 11.7. The smallest absolute Gasteiger partial charge is 0.300 e. The quantitative estimate of drug-likeness (QED) is 0.155. The van der Waals surface area contributed by atoms with E-state index in [1.54, 1.807) is 0 Å². The Morgan fingerprint density at radius 1 is 0.913 bits per heavy atom. The summed E-state index contributed by atoms with van der Waals surface area (Å²) in [6.07, 6.45) is 0. The highest BCUT2D eigenvalue weighted by Gasteiger charge is 2.43. The summed E-state index contributed by atoms with van der Waals surface area (Å²) in [6, 6.07) is 0. The molecular formula is C11H8Br2Cl5O3PS. The van der Waals surface area contributed by atoms with Crippen molar-refractivity contribution in [1.29, 1.82) is 0 Å². The number of alkyl halides is 2. The molecule has 0 aromatic heterocycles. The Hall–Kier alpha value is 2.13. The normalized spacial score (nSPS) is 19.8. The van der Waals surface area contributed by atoms with Gasteiger partial charge in [-0.15, -0.1) is 0 Å². The van der Waals surface area contributed by atoms with Crippen molar-refractivity contribution in [2.24, 2.45) is 5.41 Å². The average molecular weight is 588 g/mol. The van der Waals surface area contributed by atoms with Crippen molar-refractivity contribution in [2.45, 2.75) is 4.90 Å². The maximum atomic E-state index is 12.8. The molecule has 0 amide bonds. The van der Waals surface area contributed by atoms with Gasteiger partial charge in [-0.1, -0.05) is 89.9 Å². The summed E-state index contributed by atoms with van der Waals surface area (Å²) in [5.74, 6) is 0. The van der Waals surface area contributed by atoms with Crippen LogP contribution >= 0.6 is 108 Å². The summed E-state index contributed by atoms with van der Waals surface area (Å²) >= 11 is 37.8. The van der Waals surface area contributed by atoms with E-state index in [9.17, 15) is 4.57 Å². The van der Waals surface area contributed by atoms with Crippen LogP contribution in [-0.4, -0.2) is 23.9 Å². The summed E-state index contributed by atoms with van der Waals surface area (Å²) in [4.78, 5) is 0.209. The molecule has 1 aliphatic heterocycles. The van der Waals surface area contributed by atoms with Gasteiger partial charge in [0.2, 0.25) is 0 Å². The predicted molar refractivity (Wildman–Crippen MR) is 107 cm³/mol. The lowest BCUT2D eigenvalue weighted by atomic mass is 9.96. The summed E-state index contributed by atoms with van der Waals surface area (Å²) < 4.78 is 23.8. The minimum atomic E-state index is -3.50. The first-order chi connectivity index (χ1) is 10.7. The Morgan fingerprint density at radius 3 is 1.70 bits per heavy atom. The minimum Gasteiger partial charge on any atom is -0.300 e. The molecule has 1 aromatic carbocycles. The van der Waals surface area contributed by atoms with E-state index in [4.69, 9.17) is 67.1 Å². The molecule has 1 aromatic rings. The second kappa shape index (κ2) is 8.43. The van der Waals surface area contributed by atoms with Gasteiger partial charge in [0.1, 0.15) is 0 Å². The molecule has 12 heteroatoms. The molecule has 1 aliphatic rings. The molecule has 0 bridgehead atoms. The molecule has 2 rings (SSSR count). The lowest BCUT2D eigenvalue weighted by molar-refractivity contribution is 0.0580. The van der Waals surface area contributed by atoms with Crippen LogP contribution in [0.15, 0.2) is 4.90 Å². The van der Waals surface area contributed by atoms with Gasteiger partial charge in [0.15, 0.2) is 0 Å². The maximum Gasteiger partial charge on any atom is 0.393 e. The Kier molecular flexibility index (Phi) is 7.86. The number of hydrogen-bond donors (Lipinski definition) is 0. The monoisotopic (exact) mass is 584 g/mol. The van der Waals surface area contributed by atoms with Crippen LogP contribution in [0.4, 0.5) is 0 Å². The van der Waals surface area contributed by atoms with Crippen molar-refractivity contribution < 1.29 is 13.6 Å². The molecule has 0 saturated carbocycles. The molecule has 3 nitrogen and oxygen atoms in total. The van der Waals surface area contributed by atoms with Gasteiger partial charge in [0.25, 0.3) is 0 Å². The molecule has 0 N–H and O–H groups in total. The highest BCUT2D eigenvalue weighted by Crippen LogP contribution is 2.69. The van der Waals surface area contributed by atoms with Crippen molar-refractivity contribution in [1.82, 2.24) is 0 Å². The van der Waals surface area contributed by atoms with E-state index < -0.39 is 6.80 Å². The zero-order valence-corrected chi connectivity index (χ0v) is 19.7. The van der Waals surface area contributed by atoms with Gasteiger partial charge in [0, 0.05) is 16.1 Å². The van der Waals surface area contributed by atoms with Crippen LogP contribution < -0.4 is 0 Å². The molecule has 0 spiro atoms. The standard InChI is InChI=1S/C11H8Br2Cl5O3PS/c12-1-11(2-13)3-20-22(19,21-4-11)23-10-8(17)6(15)5(14)7(16)9(10)18/h1-4H2. The number of halogens is 7. The fourth-order valence-corrected chi connectivity index (χ4v) is 8.39. The molecule has 0 aliphatic carbocycles. The third-order valence-corrected chi connectivity index (χ3v) is 11.4.